The zero-order valence-corrected chi connectivity index (χ0v) is 19.9. The molecule has 0 aliphatic carbocycles. The second-order valence-corrected chi connectivity index (χ2v) is 9.76. The van der Waals surface area contributed by atoms with Crippen LogP contribution in [0.5, 0.6) is 5.75 Å². The second kappa shape index (κ2) is 9.28. The molecule has 7 heteroatoms. The number of anilines is 2. The van der Waals surface area contributed by atoms with Crippen LogP contribution in [0.3, 0.4) is 0 Å². The summed E-state index contributed by atoms with van der Waals surface area (Å²) in [4.78, 5) is 18.8. The van der Waals surface area contributed by atoms with Gasteiger partial charge in [0, 0.05) is 74.2 Å². The van der Waals surface area contributed by atoms with Crippen molar-refractivity contribution in [2.75, 3.05) is 57.1 Å². The number of likely N-dealkylation sites (N-methyl/N-ethyl adjacent to an activating group) is 1. The van der Waals surface area contributed by atoms with Gasteiger partial charge in [0.1, 0.15) is 17.1 Å². The minimum atomic E-state index is 0.151. The molecule has 1 aliphatic rings. The number of pyridine rings is 1. The van der Waals surface area contributed by atoms with Crippen molar-refractivity contribution < 1.29 is 4.74 Å². The van der Waals surface area contributed by atoms with E-state index in [-0.39, 0.29) is 5.41 Å². The molecule has 1 saturated heterocycles. The molecular weight excluding hydrogens is 400 g/mol. The average molecular weight is 435 g/mol. The van der Waals surface area contributed by atoms with E-state index in [0.717, 1.165) is 66.6 Å². The van der Waals surface area contributed by atoms with E-state index in [1.54, 1.807) is 13.3 Å². The van der Waals surface area contributed by atoms with Gasteiger partial charge >= 0.3 is 0 Å². The molecule has 1 aromatic carbocycles. The van der Waals surface area contributed by atoms with E-state index >= 15 is 0 Å². The van der Waals surface area contributed by atoms with Crippen LogP contribution in [-0.4, -0.2) is 66.7 Å². The van der Waals surface area contributed by atoms with E-state index < -0.39 is 0 Å². The Balaban J connectivity index is 1.57. The molecule has 0 unspecified atom stereocenters. The van der Waals surface area contributed by atoms with Crippen LogP contribution < -0.4 is 15.0 Å². The number of nitrogens with one attached hydrogen (secondary N) is 1. The first-order valence-electron chi connectivity index (χ1n) is 11.3. The quantitative estimate of drug-likeness (QED) is 0.632. The predicted molar refractivity (Wildman–Crippen MR) is 131 cm³/mol. The van der Waals surface area contributed by atoms with Crippen molar-refractivity contribution in [3.05, 3.63) is 48.0 Å². The second-order valence-electron chi connectivity index (χ2n) is 9.76. The van der Waals surface area contributed by atoms with Crippen LogP contribution in [0, 0.1) is 5.41 Å². The van der Waals surface area contributed by atoms with Crippen LogP contribution in [-0.2, 0) is 6.42 Å². The maximum Gasteiger partial charge on any atom is 0.152 e. The Morgan fingerprint density at radius 2 is 1.84 bits per heavy atom. The van der Waals surface area contributed by atoms with Crippen molar-refractivity contribution >= 4 is 22.4 Å². The molecule has 32 heavy (non-hydrogen) atoms. The highest BCUT2D eigenvalue weighted by Crippen LogP contribution is 2.28. The Labute approximate surface area is 190 Å². The summed E-state index contributed by atoms with van der Waals surface area (Å²) in [5.41, 5.74) is 3.29. The fourth-order valence-corrected chi connectivity index (χ4v) is 3.87. The molecule has 1 N–H and O–H groups in total. The predicted octanol–water partition coefficient (Wildman–Crippen LogP) is 3.83. The molecule has 0 saturated carbocycles. The average Bonchev–Trinajstić information content (AvgIpc) is 2.78. The van der Waals surface area contributed by atoms with Crippen molar-refractivity contribution in [3.8, 4) is 5.75 Å². The molecular formula is C25H34N6O. The Bertz CT molecular complexity index is 1070. The van der Waals surface area contributed by atoms with Gasteiger partial charge in [-0.1, -0.05) is 26.8 Å². The van der Waals surface area contributed by atoms with Crippen LogP contribution in [0.2, 0.25) is 0 Å². The van der Waals surface area contributed by atoms with Crippen LogP contribution >= 0.6 is 0 Å². The summed E-state index contributed by atoms with van der Waals surface area (Å²) in [6.07, 6.45) is 4.29. The summed E-state index contributed by atoms with van der Waals surface area (Å²) in [7, 11) is 3.90. The largest absolute Gasteiger partial charge is 0.496 e. The Morgan fingerprint density at radius 3 is 2.56 bits per heavy atom. The smallest absolute Gasteiger partial charge is 0.152 e. The van der Waals surface area contributed by atoms with Gasteiger partial charge in [-0.25, -0.2) is 15.0 Å². The molecule has 7 nitrogen and oxygen atoms in total. The van der Waals surface area contributed by atoms with Gasteiger partial charge in [0.15, 0.2) is 5.82 Å². The van der Waals surface area contributed by atoms with E-state index in [0.29, 0.717) is 6.42 Å². The number of nitrogens with zero attached hydrogens (tertiary/aromatic N) is 5. The zero-order chi connectivity index (χ0) is 22.7. The van der Waals surface area contributed by atoms with Crippen LogP contribution in [0.1, 0.15) is 32.2 Å². The number of benzene rings is 1. The molecule has 0 atom stereocenters. The fraction of sp³-hybridized carbons (Fsp3) is 0.480. The summed E-state index contributed by atoms with van der Waals surface area (Å²) in [6, 6.07) is 8.41. The van der Waals surface area contributed by atoms with E-state index in [9.17, 15) is 0 Å². The topological polar surface area (TPSA) is 66.4 Å². The summed E-state index contributed by atoms with van der Waals surface area (Å²) in [6.45, 7) is 11.6. The standard InChI is InChI=1S/C25H34N6O/c1-25(2,3)17-28-24-23-19(8-9-26-24)16-27-22(29-23)14-18-6-7-20(15-21(18)32-5)31-12-10-30(4)11-13-31/h6-9,15-16H,10-14,17H2,1-5H3,(H,26,28). The molecule has 0 amide bonds. The molecule has 170 valence electrons. The lowest BCUT2D eigenvalue weighted by Gasteiger charge is -2.34. The minimum absolute atomic E-state index is 0.151. The molecule has 0 radical (unpaired) electrons. The number of methoxy groups -OCH3 is 1. The highest BCUT2D eigenvalue weighted by Gasteiger charge is 2.17. The maximum atomic E-state index is 5.74. The summed E-state index contributed by atoms with van der Waals surface area (Å²) >= 11 is 0. The van der Waals surface area contributed by atoms with Gasteiger partial charge in [0.25, 0.3) is 0 Å². The summed E-state index contributed by atoms with van der Waals surface area (Å²) in [5, 5.41) is 4.44. The third-order valence-electron chi connectivity index (χ3n) is 5.82. The Hall–Kier alpha value is -2.93. The van der Waals surface area contributed by atoms with Crippen molar-refractivity contribution in [3.63, 3.8) is 0 Å². The number of hydrogen-bond acceptors (Lipinski definition) is 7. The monoisotopic (exact) mass is 434 g/mol. The number of piperazine rings is 1. The van der Waals surface area contributed by atoms with Gasteiger partial charge in [0.2, 0.25) is 0 Å². The van der Waals surface area contributed by atoms with Gasteiger partial charge < -0.3 is 19.9 Å². The van der Waals surface area contributed by atoms with Crippen LogP contribution in [0.25, 0.3) is 10.9 Å². The molecule has 0 bridgehead atoms. The lowest BCUT2D eigenvalue weighted by molar-refractivity contribution is 0.312. The van der Waals surface area contributed by atoms with Crippen molar-refractivity contribution in [2.45, 2.75) is 27.2 Å². The first-order chi connectivity index (χ1) is 15.3. The van der Waals surface area contributed by atoms with Gasteiger partial charge in [0.05, 0.1) is 7.11 Å². The van der Waals surface area contributed by atoms with Gasteiger partial charge in [-0.15, -0.1) is 0 Å². The van der Waals surface area contributed by atoms with Gasteiger partial charge in [-0.3, -0.25) is 0 Å². The normalized spacial score (nSPS) is 15.2. The van der Waals surface area contributed by atoms with E-state index in [4.69, 9.17) is 9.72 Å². The Morgan fingerprint density at radius 1 is 1.06 bits per heavy atom. The lowest BCUT2D eigenvalue weighted by Crippen LogP contribution is -2.44. The summed E-state index contributed by atoms with van der Waals surface area (Å²) < 4.78 is 5.74. The SMILES string of the molecule is COc1cc(N2CCN(C)CC2)ccc1Cc1ncc2ccnc(NCC(C)(C)C)c2n1. The van der Waals surface area contributed by atoms with E-state index in [1.807, 2.05) is 12.3 Å². The number of fused-ring (bicyclic) bond motifs is 1. The van der Waals surface area contributed by atoms with Crippen molar-refractivity contribution in [1.82, 2.24) is 19.9 Å². The number of rotatable bonds is 6. The first-order valence-corrected chi connectivity index (χ1v) is 11.3. The van der Waals surface area contributed by atoms with Crippen molar-refractivity contribution in [2.24, 2.45) is 5.41 Å². The maximum absolute atomic E-state index is 5.74. The number of ether oxygens (including phenoxy) is 1. The molecule has 4 rings (SSSR count). The molecule has 3 aromatic rings. The number of aromatic nitrogens is 3. The van der Waals surface area contributed by atoms with Crippen molar-refractivity contribution in [1.29, 1.82) is 0 Å². The highest BCUT2D eigenvalue weighted by molar-refractivity contribution is 5.87. The third-order valence-corrected chi connectivity index (χ3v) is 5.82. The summed E-state index contributed by atoms with van der Waals surface area (Å²) in [5.74, 6) is 2.44. The van der Waals surface area contributed by atoms with Crippen LogP contribution in [0.4, 0.5) is 11.5 Å². The lowest BCUT2D eigenvalue weighted by atomic mass is 9.97. The van der Waals surface area contributed by atoms with E-state index in [2.05, 4.69) is 71.1 Å². The fourth-order valence-electron chi connectivity index (χ4n) is 3.87. The first kappa shape index (κ1) is 22.3. The molecule has 0 spiro atoms. The van der Waals surface area contributed by atoms with Gasteiger partial charge in [-0.2, -0.15) is 0 Å². The number of hydrogen-bond donors (Lipinski definition) is 1. The Kier molecular flexibility index (Phi) is 6.46. The highest BCUT2D eigenvalue weighted by atomic mass is 16.5. The molecule has 1 fully saturated rings. The van der Waals surface area contributed by atoms with Crippen LogP contribution in [0.15, 0.2) is 36.7 Å². The molecule has 2 aromatic heterocycles. The van der Waals surface area contributed by atoms with Gasteiger partial charge in [-0.05, 0) is 24.6 Å². The molecule has 1 aliphatic heterocycles. The third kappa shape index (κ3) is 5.27. The zero-order valence-electron chi connectivity index (χ0n) is 19.9. The molecule has 3 heterocycles. The van der Waals surface area contributed by atoms with E-state index in [1.165, 1.54) is 5.69 Å². The minimum Gasteiger partial charge on any atom is -0.496 e.